The number of rotatable bonds is 35. The van der Waals surface area contributed by atoms with E-state index in [9.17, 15) is 19.5 Å². The molecule has 8 heteroatoms. The molecule has 2 unspecified atom stereocenters. The summed E-state index contributed by atoms with van der Waals surface area (Å²) in [6, 6.07) is -0.621. The van der Waals surface area contributed by atoms with Crippen molar-refractivity contribution in [1.29, 1.82) is 0 Å². The van der Waals surface area contributed by atoms with Crippen molar-refractivity contribution in [1.82, 2.24) is 0 Å². The third kappa shape index (κ3) is 32.9. The van der Waals surface area contributed by atoms with E-state index in [1.54, 1.807) is 0 Å². The lowest BCUT2D eigenvalue weighted by Crippen LogP contribution is -2.50. The lowest BCUT2D eigenvalue weighted by Gasteiger charge is -2.31. The predicted molar refractivity (Wildman–Crippen MR) is 215 cm³/mol. The highest BCUT2D eigenvalue weighted by Crippen LogP contribution is 2.13. The minimum Gasteiger partial charge on any atom is -0.477 e. The normalized spacial score (nSPS) is 13.6. The Labute approximate surface area is 318 Å². The molecule has 0 aliphatic rings. The topological polar surface area (TPSA) is 99.1 Å². The van der Waals surface area contributed by atoms with Gasteiger partial charge in [-0.1, -0.05) is 126 Å². The van der Waals surface area contributed by atoms with E-state index in [0.717, 1.165) is 70.6 Å². The van der Waals surface area contributed by atoms with Crippen LogP contribution in [0, 0.1) is 0 Å². The minimum absolute atomic E-state index is 0.0427. The molecule has 0 bridgehead atoms. The quantitative estimate of drug-likeness (QED) is 0.0300. The number of allylic oxidation sites excluding steroid dienone is 10. The number of carboxylic acids is 1. The van der Waals surface area contributed by atoms with Gasteiger partial charge >= 0.3 is 17.9 Å². The SMILES string of the molecule is CC/C=C/C/C=C/C/C=C/C/C=C/CCCCCCCCCC(=O)OC(COCCC(C(=O)O)[N+](C)(C)C)COC(=O)CC/C=C/CCCCCC. The molecule has 0 saturated carbocycles. The molecule has 0 amide bonds. The number of likely N-dealkylation sites (N-methyl/N-ethyl adjacent to an activating group) is 1. The Bertz CT molecular complexity index is 1040. The third-order valence-corrected chi connectivity index (χ3v) is 8.66. The highest BCUT2D eigenvalue weighted by molar-refractivity contribution is 5.72. The predicted octanol–water partition coefficient (Wildman–Crippen LogP) is 10.6. The Morgan fingerprint density at radius 3 is 1.69 bits per heavy atom. The van der Waals surface area contributed by atoms with Crippen molar-refractivity contribution in [3.8, 4) is 0 Å². The van der Waals surface area contributed by atoms with Gasteiger partial charge in [0.15, 0.2) is 12.1 Å². The number of unbranched alkanes of at least 4 members (excludes halogenated alkanes) is 11. The Morgan fingerprint density at radius 1 is 0.596 bits per heavy atom. The Morgan fingerprint density at radius 2 is 1.12 bits per heavy atom. The van der Waals surface area contributed by atoms with Gasteiger partial charge in [0, 0.05) is 19.3 Å². The summed E-state index contributed by atoms with van der Waals surface area (Å²) in [7, 11) is 5.50. The van der Waals surface area contributed by atoms with Crippen molar-refractivity contribution >= 4 is 17.9 Å². The summed E-state index contributed by atoms with van der Waals surface area (Å²) in [4.78, 5) is 36.7. The molecule has 0 aromatic rings. The standard InChI is InChI=1S/C44H75NO7/c1-6-8-10-12-14-16-17-18-19-20-21-22-23-24-25-26-27-29-31-33-35-43(47)52-40(38-50-37-36-41(44(48)49)45(3,4)5)39-51-42(46)34-32-30-28-15-13-11-9-7-2/h8,10,14,16,18-19,21-22,28,30,40-41H,6-7,9,11-13,15,17,20,23-27,29,31-39H2,1-5H3/p+1/b10-8+,16-14+,19-18+,22-21+,30-28+. The Balaban J connectivity index is 4.35. The first-order valence-electron chi connectivity index (χ1n) is 20.3. The summed E-state index contributed by atoms with van der Waals surface area (Å²) < 4.78 is 17.1. The summed E-state index contributed by atoms with van der Waals surface area (Å²) in [6.45, 7) is 4.50. The number of hydrogen-bond donors (Lipinski definition) is 1. The van der Waals surface area contributed by atoms with E-state index in [-0.39, 0.29) is 42.7 Å². The molecule has 0 spiro atoms. The number of quaternary nitrogens is 1. The fraction of sp³-hybridized carbons (Fsp3) is 0.705. The molecular formula is C44H76NO7+. The lowest BCUT2D eigenvalue weighted by molar-refractivity contribution is -0.887. The third-order valence-electron chi connectivity index (χ3n) is 8.66. The lowest BCUT2D eigenvalue weighted by atomic mass is 10.1. The molecule has 298 valence electrons. The van der Waals surface area contributed by atoms with Crippen LogP contribution in [0.5, 0.6) is 0 Å². The molecule has 8 nitrogen and oxygen atoms in total. The van der Waals surface area contributed by atoms with Crippen molar-refractivity contribution in [3.63, 3.8) is 0 Å². The highest BCUT2D eigenvalue weighted by atomic mass is 16.6. The van der Waals surface area contributed by atoms with E-state index in [2.05, 4.69) is 68.5 Å². The zero-order valence-corrected chi connectivity index (χ0v) is 33.7. The number of carbonyl (C=O) groups excluding carboxylic acids is 2. The molecule has 0 radical (unpaired) electrons. The van der Waals surface area contributed by atoms with Crippen LogP contribution in [-0.2, 0) is 28.6 Å². The summed E-state index contributed by atoms with van der Waals surface area (Å²) in [5, 5.41) is 9.58. The van der Waals surface area contributed by atoms with Crippen LogP contribution >= 0.6 is 0 Å². The van der Waals surface area contributed by atoms with Gasteiger partial charge in [-0.3, -0.25) is 9.59 Å². The van der Waals surface area contributed by atoms with Crippen molar-refractivity contribution < 1.29 is 38.2 Å². The second kappa shape index (κ2) is 35.1. The summed E-state index contributed by atoms with van der Waals surface area (Å²) in [6.07, 6.45) is 41.4. The number of carboxylic acid groups (broad SMARTS) is 1. The Hall–Kier alpha value is -2.97. The fourth-order valence-corrected chi connectivity index (χ4v) is 5.51. The van der Waals surface area contributed by atoms with Crippen molar-refractivity contribution in [2.45, 2.75) is 161 Å². The molecule has 0 aliphatic carbocycles. The number of ether oxygens (including phenoxy) is 3. The van der Waals surface area contributed by atoms with E-state index in [0.29, 0.717) is 19.3 Å². The van der Waals surface area contributed by atoms with Crippen LogP contribution in [0.1, 0.15) is 149 Å². The van der Waals surface area contributed by atoms with Gasteiger partial charge in [0.1, 0.15) is 6.61 Å². The molecule has 1 N–H and O–H groups in total. The van der Waals surface area contributed by atoms with Crippen LogP contribution in [0.2, 0.25) is 0 Å². The van der Waals surface area contributed by atoms with E-state index in [1.165, 1.54) is 38.5 Å². The van der Waals surface area contributed by atoms with Gasteiger partial charge in [-0.25, -0.2) is 4.79 Å². The minimum atomic E-state index is -0.884. The maximum absolute atomic E-state index is 12.7. The first-order valence-corrected chi connectivity index (χ1v) is 20.3. The largest absolute Gasteiger partial charge is 0.477 e. The Kier molecular flexibility index (Phi) is 33.1. The van der Waals surface area contributed by atoms with E-state index in [1.807, 2.05) is 27.2 Å². The van der Waals surface area contributed by atoms with Gasteiger partial charge in [0.05, 0.1) is 34.4 Å². The first kappa shape index (κ1) is 49.0. The highest BCUT2D eigenvalue weighted by Gasteiger charge is 2.31. The van der Waals surface area contributed by atoms with E-state index >= 15 is 0 Å². The molecule has 0 heterocycles. The number of carbonyl (C=O) groups is 3. The number of aliphatic carboxylic acids is 1. The van der Waals surface area contributed by atoms with Gasteiger partial charge in [-0.2, -0.15) is 0 Å². The van der Waals surface area contributed by atoms with Gasteiger partial charge in [0.25, 0.3) is 0 Å². The molecule has 0 aromatic heterocycles. The smallest absolute Gasteiger partial charge is 0.362 e. The summed E-state index contributed by atoms with van der Waals surface area (Å²) in [5.41, 5.74) is 0. The average Bonchev–Trinajstić information content (AvgIpc) is 3.09. The zero-order valence-electron chi connectivity index (χ0n) is 33.7. The molecule has 0 aromatic carbocycles. The number of nitrogens with zero attached hydrogens (tertiary/aromatic N) is 1. The van der Waals surface area contributed by atoms with Crippen molar-refractivity contribution in [2.75, 3.05) is 41.0 Å². The van der Waals surface area contributed by atoms with Crippen LogP contribution in [0.15, 0.2) is 60.8 Å². The van der Waals surface area contributed by atoms with Crippen LogP contribution in [0.25, 0.3) is 0 Å². The zero-order chi connectivity index (χ0) is 38.5. The molecule has 52 heavy (non-hydrogen) atoms. The van der Waals surface area contributed by atoms with E-state index < -0.39 is 18.1 Å². The van der Waals surface area contributed by atoms with Crippen LogP contribution < -0.4 is 0 Å². The van der Waals surface area contributed by atoms with Gasteiger partial charge < -0.3 is 23.8 Å². The summed E-state index contributed by atoms with van der Waals surface area (Å²) >= 11 is 0. The molecule has 0 rings (SSSR count). The molecule has 0 aliphatic heterocycles. The van der Waals surface area contributed by atoms with Crippen molar-refractivity contribution in [3.05, 3.63) is 60.8 Å². The van der Waals surface area contributed by atoms with Crippen LogP contribution in [-0.4, -0.2) is 80.6 Å². The van der Waals surface area contributed by atoms with Gasteiger partial charge in [0.2, 0.25) is 0 Å². The summed E-state index contributed by atoms with van der Waals surface area (Å²) in [5.74, 6) is -1.56. The monoisotopic (exact) mass is 731 g/mol. The molecule has 0 saturated heterocycles. The number of esters is 2. The number of hydrogen-bond acceptors (Lipinski definition) is 6. The second-order valence-corrected chi connectivity index (χ2v) is 14.5. The average molecular weight is 731 g/mol. The molecule has 2 atom stereocenters. The van der Waals surface area contributed by atoms with E-state index in [4.69, 9.17) is 14.2 Å². The maximum Gasteiger partial charge on any atom is 0.362 e. The van der Waals surface area contributed by atoms with Crippen LogP contribution in [0.3, 0.4) is 0 Å². The van der Waals surface area contributed by atoms with Crippen LogP contribution in [0.4, 0.5) is 0 Å². The van der Waals surface area contributed by atoms with Gasteiger partial charge in [-0.05, 0) is 64.2 Å². The first-order chi connectivity index (χ1) is 25.1. The fourth-order valence-electron chi connectivity index (χ4n) is 5.51. The molecule has 0 fully saturated rings. The van der Waals surface area contributed by atoms with Crippen molar-refractivity contribution in [2.24, 2.45) is 0 Å². The maximum atomic E-state index is 12.7. The van der Waals surface area contributed by atoms with Gasteiger partial charge in [-0.15, -0.1) is 0 Å². The molecular weight excluding hydrogens is 654 g/mol. The second-order valence-electron chi connectivity index (χ2n) is 14.5.